The molecule has 1 aromatic carbocycles. The van der Waals surface area contributed by atoms with Gasteiger partial charge in [0.25, 0.3) is 0 Å². The Hall–Kier alpha value is -1.49. The van der Waals surface area contributed by atoms with E-state index in [9.17, 15) is 14.7 Å². The zero-order valence-corrected chi connectivity index (χ0v) is 12.9. The van der Waals surface area contributed by atoms with Gasteiger partial charge >= 0.3 is 5.97 Å². The van der Waals surface area contributed by atoms with Crippen molar-refractivity contribution in [2.75, 3.05) is 17.2 Å². The SMILES string of the molecule is CC1(C(=O)N2CC(C(=O)O)Cc3ccccc32)CCCS1. The van der Waals surface area contributed by atoms with Crippen LogP contribution in [0.4, 0.5) is 5.69 Å². The fourth-order valence-electron chi connectivity index (χ4n) is 3.19. The van der Waals surface area contributed by atoms with Gasteiger partial charge in [-0.2, -0.15) is 0 Å². The number of carbonyl (C=O) groups is 2. The average Bonchev–Trinajstić information content (AvgIpc) is 2.93. The lowest BCUT2D eigenvalue weighted by Crippen LogP contribution is -2.49. The van der Waals surface area contributed by atoms with Crippen LogP contribution in [0.2, 0.25) is 0 Å². The van der Waals surface area contributed by atoms with Crippen molar-refractivity contribution in [3.63, 3.8) is 0 Å². The standard InChI is InChI=1S/C16H19NO3S/c1-16(7-4-8-21-16)15(20)17-10-12(14(18)19)9-11-5-2-3-6-13(11)17/h2-3,5-6,12H,4,7-10H2,1H3,(H,18,19). The summed E-state index contributed by atoms with van der Waals surface area (Å²) < 4.78 is -0.409. The summed E-state index contributed by atoms with van der Waals surface area (Å²) in [6, 6.07) is 7.66. The number of fused-ring (bicyclic) bond motifs is 1. The van der Waals surface area contributed by atoms with Crippen LogP contribution in [0.15, 0.2) is 24.3 Å². The van der Waals surface area contributed by atoms with Gasteiger partial charge in [0.05, 0.1) is 10.7 Å². The molecule has 21 heavy (non-hydrogen) atoms. The molecule has 1 fully saturated rings. The maximum Gasteiger partial charge on any atom is 0.308 e. The molecule has 3 rings (SSSR count). The maximum absolute atomic E-state index is 13.0. The second-order valence-electron chi connectivity index (χ2n) is 5.97. The van der Waals surface area contributed by atoms with Gasteiger partial charge in [0.2, 0.25) is 5.91 Å². The molecule has 1 aromatic rings. The highest BCUT2D eigenvalue weighted by atomic mass is 32.2. The van der Waals surface area contributed by atoms with Gasteiger partial charge in [0, 0.05) is 12.2 Å². The lowest BCUT2D eigenvalue weighted by Gasteiger charge is -2.37. The van der Waals surface area contributed by atoms with Crippen molar-refractivity contribution in [2.24, 2.45) is 5.92 Å². The maximum atomic E-state index is 13.0. The summed E-state index contributed by atoms with van der Waals surface area (Å²) in [4.78, 5) is 26.1. The van der Waals surface area contributed by atoms with Crippen LogP contribution in [0.25, 0.3) is 0 Å². The summed E-state index contributed by atoms with van der Waals surface area (Å²) >= 11 is 1.69. The second-order valence-corrected chi connectivity index (χ2v) is 7.56. The number of hydrogen-bond donors (Lipinski definition) is 1. The average molecular weight is 305 g/mol. The Bertz CT molecular complexity index is 581. The number of benzene rings is 1. The van der Waals surface area contributed by atoms with Crippen LogP contribution in [-0.4, -0.2) is 34.0 Å². The minimum absolute atomic E-state index is 0.0587. The zero-order valence-electron chi connectivity index (χ0n) is 12.0. The van der Waals surface area contributed by atoms with E-state index in [0.717, 1.165) is 29.8 Å². The van der Waals surface area contributed by atoms with E-state index < -0.39 is 16.6 Å². The molecule has 5 heteroatoms. The molecule has 0 bridgehead atoms. The van der Waals surface area contributed by atoms with E-state index in [1.807, 2.05) is 31.2 Å². The van der Waals surface area contributed by atoms with Gasteiger partial charge in [0.15, 0.2) is 0 Å². The molecule has 0 aromatic heterocycles. The molecule has 1 amide bonds. The molecule has 2 aliphatic rings. The first-order chi connectivity index (χ1) is 10.0. The number of amides is 1. The number of hydrogen-bond acceptors (Lipinski definition) is 3. The predicted octanol–water partition coefficient (Wildman–Crippen LogP) is 2.56. The van der Waals surface area contributed by atoms with Gasteiger partial charge in [-0.3, -0.25) is 9.59 Å². The number of carboxylic acids is 1. The molecule has 2 atom stereocenters. The van der Waals surface area contributed by atoms with Gasteiger partial charge < -0.3 is 10.0 Å². The first-order valence-electron chi connectivity index (χ1n) is 7.28. The van der Waals surface area contributed by atoms with Crippen molar-refractivity contribution in [3.05, 3.63) is 29.8 Å². The van der Waals surface area contributed by atoms with Gasteiger partial charge in [-0.15, -0.1) is 11.8 Å². The van der Waals surface area contributed by atoms with Crippen LogP contribution < -0.4 is 4.90 Å². The topological polar surface area (TPSA) is 57.6 Å². The van der Waals surface area contributed by atoms with E-state index in [2.05, 4.69) is 0 Å². The first kappa shape index (κ1) is 14.4. The van der Waals surface area contributed by atoms with Gasteiger partial charge in [-0.05, 0) is 43.6 Å². The molecule has 0 spiro atoms. The monoisotopic (exact) mass is 305 g/mol. The summed E-state index contributed by atoms with van der Waals surface area (Å²) in [7, 11) is 0. The number of rotatable bonds is 2. The number of para-hydroxylation sites is 1. The molecular weight excluding hydrogens is 286 g/mol. The third-order valence-electron chi connectivity index (χ3n) is 4.42. The highest BCUT2D eigenvalue weighted by Crippen LogP contribution is 2.41. The predicted molar refractivity (Wildman–Crippen MR) is 83.7 cm³/mol. The number of anilines is 1. The van der Waals surface area contributed by atoms with Crippen molar-refractivity contribution in [1.82, 2.24) is 0 Å². The van der Waals surface area contributed by atoms with E-state index in [1.54, 1.807) is 16.7 Å². The molecule has 0 radical (unpaired) electrons. The Morgan fingerprint density at radius 3 is 2.81 bits per heavy atom. The Morgan fingerprint density at radius 2 is 2.14 bits per heavy atom. The molecule has 0 saturated carbocycles. The van der Waals surface area contributed by atoms with Crippen LogP contribution in [-0.2, 0) is 16.0 Å². The summed E-state index contributed by atoms with van der Waals surface area (Å²) in [5.74, 6) is -0.283. The summed E-state index contributed by atoms with van der Waals surface area (Å²) in [6.07, 6.45) is 2.41. The van der Waals surface area contributed by atoms with Crippen molar-refractivity contribution in [1.29, 1.82) is 0 Å². The van der Waals surface area contributed by atoms with Crippen LogP contribution in [0.5, 0.6) is 0 Å². The van der Waals surface area contributed by atoms with Gasteiger partial charge in [-0.25, -0.2) is 0 Å². The van der Waals surface area contributed by atoms with E-state index in [-0.39, 0.29) is 12.5 Å². The smallest absolute Gasteiger partial charge is 0.308 e. The van der Waals surface area contributed by atoms with Crippen molar-refractivity contribution in [3.8, 4) is 0 Å². The van der Waals surface area contributed by atoms with E-state index in [1.165, 1.54) is 0 Å². The number of thioether (sulfide) groups is 1. The van der Waals surface area contributed by atoms with Crippen LogP contribution in [0.3, 0.4) is 0 Å². The summed E-state index contributed by atoms with van der Waals surface area (Å²) in [5, 5.41) is 9.35. The lowest BCUT2D eigenvalue weighted by atomic mass is 9.91. The van der Waals surface area contributed by atoms with Crippen molar-refractivity contribution < 1.29 is 14.7 Å². The van der Waals surface area contributed by atoms with Crippen LogP contribution in [0.1, 0.15) is 25.3 Å². The molecular formula is C16H19NO3S. The molecule has 2 heterocycles. The third kappa shape index (κ3) is 2.55. The normalized spacial score (nSPS) is 28.2. The minimum Gasteiger partial charge on any atom is -0.481 e. The third-order valence-corrected chi connectivity index (χ3v) is 5.93. The minimum atomic E-state index is -0.827. The fraction of sp³-hybridized carbons (Fsp3) is 0.500. The second kappa shape index (κ2) is 5.37. The van der Waals surface area contributed by atoms with Crippen LogP contribution in [0, 0.1) is 5.92 Å². The van der Waals surface area contributed by atoms with Crippen molar-refractivity contribution >= 4 is 29.3 Å². The van der Waals surface area contributed by atoms with Gasteiger partial charge in [0.1, 0.15) is 0 Å². The fourth-order valence-corrected chi connectivity index (χ4v) is 4.45. The quantitative estimate of drug-likeness (QED) is 0.912. The highest BCUT2D eigenvalue weighted by Gasteiger charge is 2.43. The Labute approximate surface area is 128 Å². The van der Waals surface area contributed by atoms with Gasteiger partial charge in [-0.1, -0.05) is 18.2 Å². The lowest BCUT2D eigenvalue weighted by molar-refractivity contribution is -0.141. The summed E-state index contributed by atoms with van der Waals surface area (Å²) in [5.41, 5.74) is 1.84. The first-order valence-corrected chi connectivity index (χ1v) is 8.26. The molecule has 0 aliphatic carbocycles. The molecule has 4 nitrogen and oxygen atoms in total. The Kier molecular flexibility index (Phi) is 3.69. The van der Waals surface area contributed by atoms with E-state index in [0.29, 0.717) is 6.42 Å². The molecule has 1 saturated heterocycles. The van der Waals surface area contributed by atoms with Crippen LogP contribution >= 0.6 is 11.8 Å². The number of carbonyl (C=O) groups excluding carboxylic acids is 1. The molecule has 2 aliphatic heterocycles. The Balaban J connectivity index is 1.96. The molecule has 1 N–H and O–H groups in total. The van der Waals surface area contributed by atoms with Crippen molar-refractivity contribution in [2.45, 2.75) is 30.9 Å². The number of aliphatic carboxylic acids is 1. The molecule has 112 valence electrons. The largest absolute Gasteiger partial charge is 0.481 e. The highest BCUT2D eigenvalue weighted by molar-refractivity contribution is 8.01. The zero-order chi connectivity index (χ0) is 15.0. The number of carboxylic acid groups (broad SMARTS) is 1. The van der Waals surface area contributed by atoms with E-state index in [4.69, 9.17) is 0 Å². The number of nitrogens with zero attached hydrogens (tertiary/aromatic N) is 1. The molecule has 2 unspecified atom stereocenters. The van der Waals surface area contributed by atoms with E-state index >= 15 is 0 Å². The summed E-state index contributed by atoms with van der Waals surface area (Å²) in [6.45, 7) is 2.27. The Morgan fingerprint density at radius 1 is 1.38 bits per heavy atom.